The number of rotatable bonds is 3. The van der Waals surface area contributed by atoms with Crippen LogP contribution in [0.4, 0.5) is 5.69 Å². The maximum atomic E-state index is 10.4. The summed E-state index contributed by atoms with van der Waals surface area (Å²) < 4.78 is 6.69. The normalized spacial score (nSPS) is 18.9. The van der Waals surface area contributed by atoms with Crippen molar-refractivity contribution in [3.8, 4) is 0 Å². The molecule has 14 heavy (non-hydrogen) atoms. The maximum Gasteiger partial charge on any atom is 0.306 e. The Bertz CT molecular complexity index is 356. The van der Waals surface area contributed by atoms with E-state index in [0.717, 1.165) is 0 Å². The molecule has 1 saturated heterocycles. The molecule has 0 bridgehead atoms. The van der Waals surface area contributed by atoms with Crippen molar-refractivity contribution in [1.82, 2.24) is 9.78 Å². The topological polar surface area (TPSA) is 70.2 Å². The van der Waals surface area contributed by atoms with E-state index < -0.39 is 4.92 Å². The van der Waals surface area contributed by atoms with Crippen LogP contribution < -0.4 is 0 Å². The molecule has 76 valence electrons. The summed E-state index contributed by atoms with van der Waals surface area (Å²) in [7, 11) is 0. The van der Waals surface area contributed by atoms with E-state index >= 15 is 0 Å². The smallest absolute Gasteiger partial charge is 0.306 e. The van der Waals surface area contributed by atoms with E-state index in [1.165, 1.54) is 12.4 Å². The molecule has 2 rings (SSSR count). The Morgan fingerprint density at radius 1 is 1.79 bits per heavy atom. The second kappa shape index (κ2) is 3.06. The molecule has 1 aliphatic rings. The Labute approximate surface area is 80.6 Å². The van der Waals surface area contributed by atoms with Gasteiger partial charge in [0.05, 0.1) is 24.7 Å². The minimum Gasteiger partial charge on any atom is -0.380 e. The van der Waals surface area contributed by atoms with Gasteiger partial charge in [-0.15, -0.1) is 0 Å². The lowest BCUT2D eigenvalue weighted by Crippen LogP contribution is -2.43. The summed E-state index contributed by atoms with van der Waals surface area (Å²) in [5, 5.41) is 14.3. The first-order valence-electron chi connectivity index (χ1n) is 4.34. The molecule has 0 saturated carbocycles. The lowest BCUT2D eigenvalue weighted by Gasteiger charge is -2.37. The predicted molar refractivity (Wildman–Crippen MR) is 47.8 cm³/mol. The van der Waals surface area contributed by atoms with Gasteiger partial charge >= 0.3 is 5.69 Å². The monoisotopic (exact) mass is 197 g/mol. The summed E-state index contributed by atoms with van der Waals surface area (Å²) in [6.07, 6.45) is 2.71. The van der Waals surface area contributed by atoms with Gasteiger partial charge in [0.15, 0.2) is 0 Å². The number of hydrogen-bond donors (Lipinski definition) is 0. The summed E-state index contributed by atoms with van der Waals surface area (Å²) in [4.78, 5) is 9.95. The lowest BCUT2D eigenvalue weighted by atomic mass is 9.89. The Morgan fingerprint density at radius 3 is 2.93 bits per heavy atom. The van der Waals surface area contributed by atoms with Crippen molar-refractivity contribution in [3.63, 3.8) is 0 Å². The maximum absolute atomic E-state index is 10.4. The second-order valence-electron chi connectivity index (χ2n) is 3.96. The van der Waals surface area contributed by atoms with E-state index in [1.54, 1.807) is 4.68 Å². The van der Waals surface area contributed by atoms with Crippen molar-refractivity contribution in [2.24, 2.45) is 5.41 Å². The largest absolute Gasteiger partial charge is 0.380 e. The van der Waals surface area contributed by atoms with Crippen LogP contribution in [0.25, 0.3) is 0 Å². The standard InChI is InChI=1S/C8H11N3O3/c1-8(5-14-6-8)4-10-3-7(2-9-10)11(12)13/h2-3H,4-6H2,1H3. The van der Waals surface area contributed by atoms with Crippen molar-refractivity contribution in [3.05, 3.63) is 22.5 Å². The first kappa shape index (κ1) is 9.14. The molecule has 0 aromatic carbocycles. The van der Waals surface area contributed by atoms with Crippen molar-refractivity contribution in [1.29, 1.82) is 0 Å². The number of ether oxygens (including phenoxy) is 1. The molecule has 0 N–H and O–H groups in total. The van der Waals surface area contributed by atoms with Crippen LogP contribution in [0.1, 0.15) is 6.92 Å². The molecule has 0 spiro atoms. The molecule has 6 nitrogen and oxygen atoms in total. The number of nitro groups is 1. The van der Waals surface area contributed by atoms with Gasteiger partial charge < -0.3 is 4.74 Å². The Hall–Kier alpha value is -1.43. The first-order valence-corrected chi connectivity index (χ1v) is 4.34. The molecule has 0 amide bonds. The second-order valence-corrected chi connectivity index (χ2v) is 3.96. The van der Waals surface area contributed by atoms with Crippen molar-refractivity contribution in [2.75, 3.05) is 13.2 Å². The van der Waals surface area contributed by atoms with Crippen molar-refractivity contribution in [2.45, 2.75) is 13.5 Å². The third-order valence-corrected chi connectivity index (χ3v) is 2.28. The third-order valence-electron chi connectivity index (χ3n) is 2.28. The van der Waals surface area contributed by atoms with Gasteiger partial charge in [-0.3, -0.25) is 14.8 Å². The van der Waals surface area contributed by atoms with Crippen molar-refractivity contribution >= 4 is 5.69 Å². The Balaban J connectivity index is 2.06. The first-order chi connectivity index (χ1) is 6.59. The minimum absolute atomic E-state index is 0.0360. The molecule has 1 fully saturated rings. The van der Waals surface area contributed by atoms with Gasteiger partial charge in [-0.2, -0.15) is 5.10 Å². The average Bonchev–Trinajstić information content (AvgIpc) is 2.50. The van der Waals surface area contributed by atoms with Gasteiger partial charge in [0.25, 0.3) is 0 Å². The molecule has 1 aliphatic heterocycles. The summed E-state index contributed by atoms with van der Waals surface area (Å²) in [5.74, 6) is 0. The summed E-state index contributed by atoms with van der Waals surface area (Å²) in [6.45, 7) is 4.13. The van der Waals surface area contributed by atoms with Gasteiger partial charge in [0.2, 0.25) is 0 Å². The van der Waals surface area contributed by atoms with E-state index in [-0.39, 0.29) is 11.1 Å². The predicted octanol–water partition coefficient (Wildman–Crippen LogP) is 0.828. The fraction of sp³-hybridized carbons (Fsp3) is 0.625. The van der Waals surface area contributed by atoms with Gasteiger partial charge in [0, 0.05) is 5.41 Å². The number of nitrogens with zero attached hydrogens (tertiary/aromatic N) is 3. The van der Waals surface area contributed by atoms with Crippen LogP contribution in [0.15, 0.2) is 12.4 Å². The molecular weight excluding hydrogens is 186 g/mol. The molecular formula is C8H11N3O3. The lowest BCUT2D eigenvalue weighted by molar-refractivity contribution is -0.385. The number of hydrogen-bond acceptors (Lipinski definition) is 4. The molecule has 0 unspecified atom stereocenters. The van der Waals surface area contributed by atoms with Crippen LogP contribution in [0.5, 0.6) is 0 Å². The molecule has 1 aromatic heterocycles. The highest BCUT2D eigenvalue weighted by Crippen LogP contribution is 2.28. The third kappa shape index (κ3) is 1.60. The molecule has 0 radical (unpaired) electrons. The highest BCUT2D eigenvalue weighted by atomic mass is 16.6. The van der Waals surface area contributed by atoms with Gasteiger partial charge in [-0.1, -0.05) is 6.92 Å². The van der Waals surface area contributed by atoms with E-state index in [1.807, 2.05) is 0 Å². The number of aromatic nitrogens is 2. The van der Waals surface area contributed by atoms with Crippen molar-refractivity contribution < 1.29 is 9.66 Å². The molecule has 6 heteroatoms. The van der Waals surface area contributed by atoms with Crippen LogP contribution >= 0.6 is 0 Å². The molecule has 1 aromatic rings. The SMILES string of the molecule is CC1(Cn2cc([N+](=O)[O-])cn2)COC1. The highest BCUT2D eigenvalue weighted by molar-refractivity contribution is 5.20. The van der Waals surface area contributed by atoms with Crippen LogP contribution in [-0.4, -0.2) is 27.9 Å². The van der Waals surface area contributed by atoms with E-state index in [9.17, 15) is 10.1 Å². The van der Waals surface area contributed by atoms with Crippen LogP contribution in [0.2, 0.25) is 0 Å². The zero-order chi connectivity index (χ0) is 10.2. The Morgan fingerprint density at radius 2 is 2.50 bits per heavy atom. The zero-order valence-corrected chi connectivity index (χ0v) is 7.84. The average molecular weight is 197 g/mol. The van der Waals surface area contributed by atoms with Gasteiger partial charge in [-0.25, -0.2) is 0 Å². The highest BCUT2D eigenvalue weighted by Gasteiger charge is 2.34. The zero-order valence-electron chi connectivity index (χ0n) is 7.84. The summed E-state index contributed by atoms with van der Waals surface area (Å²) in [5.41, 5.74) is 0.119. The Kier molecular flexibility index (Phi) is 1.99. The van der Waals surface area contributed by atoms with Crippen LogP contribution in [-0.2, 0) is 11.3 Å². The summed E-state index contributed by atoms with van der Waals surface area (Å²) >= 11 is 0. The fourth-order valence-electron chi connectivity index (χ4n) is 1.47. The minimum atomic E-state index is -0.441. The molecule has 2 heterocycles. The quantitative estimate of drug-likeness (QED) is 0.531. The van der Waals surface area contributed by atoms with E-state index in [0.29, 0.717) is 19.8 Å². The van der Waals surface area contributed by atoms with Crippen LogP contribution in [0, 0.1) is 15.5 Å². The molecule has 0 atom stereocenters. The van der Waals surface area contributed by atoms with E-state index in [4.69, 9.17) is 4.74 Å². The summed E-state index contributed by atoms with van der Waals surface area (Å²) in [6, 6.07) is 0. The molecule has 0 aliphatic carbocycles. The fourth-order valence-corrected chi connectivity index (χ4v) is 1.47. The van der Waals surface area contributed by atoms with Gasteiger partial charge in [-0.05, 0) is 0 Å². The van der Waals surface area contributed by atoms with Gasteiger partial charge in [0.1, 0.15) is 12.4 Å². The van der Waals surface area contributed by atoms with E-state index in [2.05, 4.69) is 12.0 Å². The van der Waals surface area contributed by atoms with Crippen LogP contribution in [0.3, 0.4) is 0 Å².